The summed E-state index contributed by atoms with van der Waals surface area (Å²) in [6, 6.07) is 12.6. The van der Waals surface area contributed by atoms with E-state index in [4.69, 9.17) is 0 Å². The van der Waals surface area contributed by atoms with Crippen molar-refractivity contribution in [1.29, 1.82) is 0 Å². The second-order valence-electron chi connectivity index (χ2n) is 8.23. The molecule has 5 nitrogen and oxygen atoms in total. The van der Waals surface area contributed by atoms with Gasteiger partial charge in [0.15, 0.2) is 0 Å². The van der Waals surface area contributed by atoms with Crippen molar-refractivity contribution >= 4 is 63.5 Å². The standard InChI is InChI=1S/C24H27N3O2S.2ClH/c28-22-16-17-6-7-24(29)25-20(17)15-18(22)3-2-9-26-10-12-27(13-11-26)21-4-1-5-23-19(21)8-14-30-23;;/h1,4-5,8,14-16,28H,2-3,6-7,9-13H2,(H,25,29);2*1H. The van der Waals surface area contributed by atoms with Crippen LogP contribution in [0.25, 0.3) is 10.1 Å². The van der Waals surface area contributed by atoms with E-state index in [9.17, 15) is 9.90 Å². The van der Waals surface area contributed by atoms with Crippen molar-refractivity contribution in [2.45, 2.75) is 25.7 Å². The molecule has 0 unspecified atom stereocenters. The lowest BCUT2D eigenvalue weighted by Crippen LogP contribution is -2.46. The van der Waals surface area contributed by atoms with Gasteiger partial charge in [-0.3, -0.25) is 9.69 Å². The maximum Gasteiger partial charge on any atom is 0.224 e. The highest BCUT2D eigenvalue weighted by atomic mass is 35.5. The minimum absolute atomic E-state index is 0. The predicted molar refractivity (Wildman–Crippen MR) is 138 cm³/mol. The number of phenols is 1. The first kappa shape index (κ1) is 24.6. The van der Waals surface area contributed by atoms with Crippen molar-refractivity contribution in [2.75, 3.05) is 42.9 Å². The number of anilines is 2. The van der Waals surface area contributed by atoms with Gasteiger partial charge in [0.25, 0.3) is 0 Å². The summed E-state index contributed by atoms with van der Waals surface area (Å²) in [5.74, 6) is 0.425. The summed E-state index contributed by atoms with van der Waals surface area (Å²) < 4.78 is 1.36. The number of thiophene rings is 1. The molecule has 0 bridgehead atoms. The predicted octanol–water partition coefficient (Wildman–Crippen LogP) is 5.09. The van der Waals surface area contributed by atoms with Gasteiger partial charge in [0, 0.05) is 54.1 Å². The third-order valence-corrected chi connectivity index (χ3v) is 7.19. The van der Waals surface area contributed by atoms with Crippen LogP contribution in [0.2, 0.25) is 0 Å². The number of benzene rings is 2. The van der Waals surface area contributed by atoms with Crippen LogP contribution in [0.4, 0.5) is 11.4 Å². The average molecular weight is 494 g/mol. The summed E-state index contributed by atoms with van der Waals surface area (Å²) in [5.41, 5.74) is 4.19. The van der Waals surface area contributed by atoms with Crippen molar-refractivity contribution in [3.63, 3.8) is 0 Å². The number of amides is 1. The van der Waals surface area contributed by atoms with Gasteiger partial charge in [0.2, 0.25) is 5.91 Å². The van der Waals surface area contributed by atoms with Gasteiger partial charge in [-0.05, 0) is 72.6 Å². The molecule has 0 radical (unpaired) electrons. The van der Waals surface area contributed by atoms with Crippen LogP contribution in [0.1, 0.15) is 24.0 Å². The van der Waals surface area contributed by atoms with E-state index in [-0.39, 0.29) is 30.7 Å². The van der Waals surface area contributed by atoms with Crippen LogP contribution in [0.3, 0.4) is 0 Å². The zero-order chi connectivity index (χ0) is 20.5. The molecule has 0 saturated carbocycles. The normalized spacial score (nSPS) is 16.1. The number of halogens is 2. The molecule has 2 aliphatic rings. The van der Waals surface area contributed by atoms with Gasteiger partial charge in [0.05, 0.1) is 0 Å². The number of aromatic hydroxyl groups is 1. The molecule has 2 N–H and O–H groups in total. The SMILES string of the molecule is Cl.Cl.O=C1CCc2cc(O)c(CCCN3CCN(c4cccc5sccc45)CC3)cc2N1. The lowest BCUT2D eigenvalue weighted by atomic mass is 9.98. The van der Waals surface area contributed by atoms with Crippen LogP contribution < -0.4 is 10.2 Å². The summed E-state index contributed by atoms with van der Waals surface area (Å²) in [6.45, 7) is 5.25. The summed E-state index contributed by atoms with van der Waals surface area (Å²) in [7, 11) is 0. The molecular weight excluding hydrogens is 465 g/mol. The Morgan fingerprint density at radius 3 is 2.66 bits per heavy atom. The first-order valence-electron chi connectivity index (χ1n) is 10.8. The van der Waals surface area contributed by atoms with Crippen molar-refractivity contribution in [2.24, 2.45) is 0 Å². The fourth-order valence-corrected chi connectivity index (χ4v) is 5.43. The molecule has 0 atom stereocenters. The van der Waals surface area contributed by atoms with E-state index in [0.29, 0.717) is 18.6 Å². The number of nitrogens with one attached hydrogen (secondary N) is 1. The fourth-order valence-electron chi connectivity index (χ4n) is 4.62. The molecule has 3 aromatic rings. The molecule has 3 heterocycles. The average Bonchev–Trinajstić information content (AvgIpc) is 3.24. The van der Waals surface area contributed by atoms with Crippen LogP contribution in [-0.4, -0.2) is 48.6 Å². The number of hydrogen-bond acceptors (Lipinski definition) is 5. The Balaban J connectivity index is 0.00000144. The monoisotopic (exact) mass is 493 g/mol. The van der Waals surface area contributed by atoms with Gasteiger partial charge >= 0.3 is 0 Å². The molecule has 0 aliphatic carbocycles. The Morgan fingerprint density at radius 2 is 1.84 bits per heavy atom. The molecule has 1 fully saturated rings. The quantitative estimate of drug-likeness (QED) is 0.486. The Kier molecular flexibility index (Phi) is 8.28. The van der Waals surface area contributed by atoms with Crippen LogP contribution in [0.5, 0.6) is 5.75 Å². The van der Waals surface area contributed by atoms with Gasteiger partial charge in [-0.1, -0.05) is 6.07 Å². The number of phenolic OH excluding ortho intramolecular Hbond substituents is 1. The Morgan fingerprint density at radius 1 is 1.03 bits per heavy atom. The van der Waals surface area contributed by atoms with Gasteiger partial charge in [-0.2, -0.15) is 0 Å². The van der Waals surface area contributed by atoms with Gasteiger partial charge in [-0.15, -0.1) is 36.2 Å². The smallest absolute Gasteiger partial charge is 0.224 e. The highest BCUT2D eigenvalue weighted by molar-refractivity contribution is 7.17. The number of carbonyl (C=O) groups is 1. The Labute approximate surface area is 205 Å². The van der Waals surface area contributed by atoms with Crippen LogP contribution >= 0.6 is 36.2 Å². The molecule has 2 aliphatic heterocycles. The van der Waals surface area contributed by atoms with Crippen LogP contribution in [0.15, 0.2) is 41.8 Å². The summed E-state index contributed by atoms with van der Waals surface area (Å²) in [4.78, 5) is 16.7. The number of nitrogens with zero attached hydrogens (tertiary/aromatic N) is 2. The molecule has 32 heavy (non-hydrogen) atoms. The number of aryl methyl sites for hydroxylation is 2. The summed E-state index contributed by atoms with van der Waals surface area (Å²) in [5, 5.41) is 16.8. The zero-order valence-electron chi connectivity index (χ0n) is 17.9. The minimum atomic E-state index is 0. The van der Waals surface area contributed by atoms with E-state index >= 15 is 0 Å². The van der Waals surface area contributed by atoms with Crippen LogP contribution in [0, 0.1) is 0 Å². The minimum Gasteiger partial charge on any atom is -0.508 e. The van der Waals surface area contributed by atoms with Crippen molar-refractivity contribution < 1.29 is 9.90 Å². The number of fused-ring (bicyclic) bond motifs is 2. The number of carbonyl (C=O) groups excluding carboxylic acids is 1. The molecule has 8 heteroatoms. The van der Waals surface area contributed by atoms with Gasteiger partial charge in [0.1, 0.15) is 5.75 Å². The highest BCUT2D eigenvalue weighted by Crippen LogP contribution is 2.32. The largest absolute Gasteiger partial charge is 0.508 e. The number of piperazine rings is 1. The second kappa shape index (κ2) is 10.8. The molecule has 1 aromatic heterocycles. The maximum absolute atomic E-state index is 11.6. The second-order valence-corrected chi connectivity index (χ2v) is 9.18. The molecule has 0 spiro atoms. The summed E-state index contributed by atoms with van der Waals surface area (Å²) >= 11 is 1.80. The number of rotatable bonds is 5. The van der Waals surface area contributed by atoms with E-state index < -0.39 is 0 Å². The first-order valence-corrected chi connectivity index (χ1v) is 11.6. The van der Waals surface area contributed by atoms with Gasteiger partial charge in [-0.25, -0.2) is 0 Å². The number of hydrogen-bond donors (Lipinski definition) is 2. The van der Waals surface area contributed by atoms with Crippen molar-refractivity contribution in [3.05, 3.63) is 52.9 Å². The molecular formula is C24H29Cl2N3O2S. The third-order valence-electron chi connectivity index (χ3n) is 6.31. The van der Waals surface area contributed by atoms with Crippen LogP contribution in [-0.2, 0) is 17.6 Å². The van der Waals surface area contributed by atoms with Crippen molar-refractivity contribution in [1.82, 2.24) is 4.90 Å². The maximum atomic E-state index is 11.6. The summed E-state index contributed by atoms with van der Waals surface area (Å²) in [6.07, 6.45) is 3.03. The molecule has 1 saturated heterocycles. The van der Waals surface area contributed by atoms with Gasteiger partial charge < -0.3 is 15.3 Å². The van der Waals surface area contributed by atoms with Crippen molar-refractivity contribution in [3.8, 4) is 5.75 Å². The van der Waals surface area contributed by atoms with E-state index in [0.717, 1.165) is 62.4 Å². The topological polar surface area (TPSA) is 55.8 Å². The first-order chi connectivity index (χ1) is 14.7. The lowest BCUT2D eigenvalue weighted by molar-refractivity contribution is -0.116. The molecule has 2 aromatic carbocycles. The Hall–Kier alpha value is -1.99. The Bertz CT molecular complexity index is 1080. The van der Waals surface area contributed by atoms with E-state index in [2.05, 4.69) is 44.8 Å². The lowest BCUT2D eigenvalue weighted by Gasteiger charge is -2.36. The molecule has 1 amide bonds. The zero-order valence-corrected chi connectivity index (χ0v) is 20.3. The third kappa shape index (κ3) is 5.15. The molecule has 172 valence electrons. The fraction of sp³-hybridized carbons (Fsp3) is 0.375. The van der Waals surface area contributed by atoms with E-state index in [1.165, 1.54) is 15.8 Å². The van der Waals surface area contributed by atoms with E-state index in [1.54, 1.807) is 11.3 Å². The highest BCUT2D eigenvalue weighted by Gasteiger charge is 2.20. The van der Waals surface area contributed by atoms with E-state index in [1.807, 2.05) is 12.1 Å². The molecule has 5 rings (SSSR count).